The van der Waals surface area contributed by atoms with Crippen molar-refractivity contribution in [3.8, 4) is 0 Å². The number of unbranched alkanes of at least 4 members (excludes halogenated alkanes) is 1. The Morgan fingerprint density at radius 2 is 1.88 bits per heavy atom. The molecule has 1 spiro atoms. The summed E-state index contributed by atoms with van der Waals surface area (Å²) in [5.41, 5.74) is -0.426. The maximum Gasteiger partial charge on any atom is 0.246 e. The number of halogens is 1. The van der Waals surface area contributed by atoms with E-state index in [-0.39, 0.29) is 23.8 Å². The fourth-order valence-electron chi connectivity index (χ4n) is 6.12. The standard InChI is InChI=1S/C26H32BrN3O4/c1-2-3-15-30-22(24(32)29-17-7-5-4-6-8-17)26-14-13-19(34-26)20(21(26)25(30)33)23(31)28-18-11-9-16(27)10-12-18/h9-14,17,19-22H,2-8,15H2,1H3,(H,28,31)(H,29,32). The molecule has 3 amide bonds. The number of nitrogens with zero attached hydrogens (tertiary/aromatic N) is 1. The van der Waals surface area contributed by atoms with Crippen LogP contribution >= 0.6 is 15.9 Å². The lowest BCUT2D eigenvalue weighted by Gasteiger charge is -2.34. The maximum absolute atomic E-state index is 13.7. The molecule has 1 aromatic carbocycles. The summed E-state index contributed by atoms with van der Waals surface area (Å²) < 4.78 is 7.29. The minimum absolute atomic E-state index is 0.138. The Kier molecular flexibility index (Phi) is 6.55. The number of nitrogens with one attached hydrogen (secondary N) is 2. The Morgan fingerprint density at radius 3 is 2.59 bits per heavy atom. The summed E-state index contributed by atoms with van der Waals surface area (Å²) in [6.45, 7) is 2.55. The van der Waals surface area contributed by atoms with E-state index in [1.165, 1.54) is 6.42 Å². The number of benzene rings is 1. The number of ether oxygens (including phenoxy) is 1. The lowest BCUT2D eigenvalue weighted by molar-refractivity contribution is -0.141. The van der Waals surface area contributed by atoms with Crippen molar-refractivity contribution in [2.45, 2.75) is 75.7 Å². The third-order valence-electron chi connectivity index (χ3n) is 7.74. The fourth-order valence-corrected chi connectivity index (χ4v) is 6.39. The molecule has 1 saturated carbocycles. The summed E-state index contributed by atoms with van der Waals surface area (Å²) >= 11 is 3.40. The van der Waals surface area contributed by atoms with Crippen molar-refractivity contribution < 1.29 is 19.1 Å². The molecule has 1 aliphatic carbocycles. The predicted octanol–water partition coefficient (Wildman–Crippen LogP) is 3.79. The average molecular weight is 530 g/mol. The van der Waals surface area contributed by atoms with Crippen LogP contribution in [0.3, 0.4) is 0 Å². The van der Waals surface area contributed by atoms with Crippen LogP contribution in [0, 0.1) is 11.8 Å². The molecule has 5 rings (SSSR count). The number of anilines is 1. The van der Waals surface area contributed by atoms with Gasteiger partial charge in [0.05, 0.1) is 17.9 Å². The van der Waals surface area contributed by atoms with Crippen molar-refractivity contribution in [1.82, 2.24) is 10.2 Å². The summed E-state index contributed by atoms with van der Waals surface area (Å²) in [6.07, 6.45) is 10.3. The lowest BCUT2D eigenvalue weighted by atomic mass is 9.74. The third kappa shape index (κ3) is 3.98. The Balaban J connectivity index is 1.42. The highest BCUT2D eigenvalue weighted by molar-refractivity contribution is 9.10. The van der Waals surface area contributed by atoms with Gasteiger partial charge in [0.2, 0.25) is 17.7 Å². The molecule has 2 saturated heterocycles. The predicted molar refractivity (Wildman–Crippen MR) is 132 cm³/mol. The number of fused-ring (bicyclic) bond motifs is 1. The molecule has 7 nitrogen and oxygen atoms in total. The molecule has 5 atom stereocenters. The highest BCUT2D eigenvalue weighted by Gasteiger charge is 2.72. The van der Waals surface area contributed by atoms with Crippen molar-refractivity contribution in [3.05, 3.63) is 40.9 Å². The van der Waals surface area contributed by atoms with Crippen molar-refractivity contribution in [3.63, 3.8) is 0 Å². The minimum atomic E-state index is -1.09. The van der Waals surface area contributed by atoms with Gasteiger partial charge in [0.15, 0.2) is 0 Å². The first-order valence-corrected chi connectivity index (χ1v) is 13.3. The van der Waals surface area contributed by atoms with E-state index in [9.17, 15) is 14.4 Å². The molecule has 0 aromatic heterocycles. The second kappa shape index (κ2) is 9.46. The second-order valence-corrected chi connectivity index (χ2v) is 10.8. The van der Waals surface area contributed by atoms with E-state index in [0.717, 1.165) is 43.0 Å². The summed E-state index contributed by atoms with van der Waals surface area (Å²) in [7, 11) is 0. The maximum atomic E-state index is 13.7. The molecule has 2 N–H and O–H groups in total. The third-order valence-corrected chi connectivity index (χ3v) is 8.27. The molecule has 34 heavy (non-hydrogen) atoms. The molecule has 3 aliphatic heterocycles. The van der Waals surface area contributed by atoms with Gasteiger partial charge in [-0.3, -0.25) is 14.4 Å². The molecule has 4 aliphatic rings. The minimum Gasteiger partial charge on any atom is -0.359 e. The van der Waals surface area contributed by atoms with Gasteiger partial charge in [0.25, 0.3) is 0 Å². The molecule has 3 heterocycles. The number of amides is 3. The Hall–Kier alpha value is -2.19. The van der Waals surface area contributed by atoms with E-state index in [1.807, 2.05) is 36.4 Å². The SMILES string of the molecule is CCCCN1C(=O)C2C(C(=O)Nc3ccc(Br)cc3)C3C=CC2(O3)C1C(=O)NC1CCCCC1. The van der Waals surface area contributed by atoms with Crippen LogP contribution in [-0.4, -0.2) is 53.0 Å². The summed E-state index contributed by atoms with van der Waals surface area (Å²) in [6, 6.07) is 6.72. The van der Waals surface area contributed by atoms with Crippen molar-refractivity contribution >= 4 is 39.3 Å². The number of carbonyl (C=O) groups is 3. The molecule has 1 aromatic rings. The largest absolute Gasteiger partial charge is 0.359 e. The molecular weight excluding hydrogens is 498 g/mol. The Morgan fingerprint density at radius 1 is 1.15 bits per heavy atom. The Bertz CT molecular complexity index is 990. The van der Waals surface area contributed by atoms with Gasteiger partial charge in [-0.2, -0.15) is 0 Å². The number of carbonyl (C=O) groups excluding carboxylic acids is 3. The van der Waals surface area contributed by atoms with Crippen LogP contribution in [0.5, 0.6) is 0 Å². The van der Waals surface area contributed by atoms with Crippen molar-refractivity contribution in [2.75, 3.05) is 11.9 Å². The van der Waals surface area contributed by atoms with Crippen LogP contribution in [0.25, 0.3) is 0 Å². The Labute approximate surface area is 208 Å². The average Bonchev–Trinajstić information content (AvgIpc) is 3.47. The molecule has 3 fully saturated rings. The first-order valence-electron chi connectivity index (χ1n) is 12.5. The van der Waals surface area contributed by atoms with E-state index in [0.29, 0.717) is 12.2 Å². The summed E-state index contributed by atoms with van der Waals surface area (Å²) in [4.78, 5) is 42.4. The van der Waals surface area contributed by atoms with E-state index in [4.69, 9.17) is 4.74 Å². The van der Waals surface area contributed by atoms with Gasteiger partial charge in [-0.05, 0) is 43.5 Å². The highest BCUT2D eigenvalue weighted by atomic mass is 79.9. The van der Waals surface area contributed by atoms with Crippen LogP contribution in [0.1, 0.15) is 51.9 Å². The first-order chi connectivity index (χ1) is 16.4. The van der Waals surface area contributed by atoms with E-state index >= 15 is 0 Å². The molecule has 5 unspecified atom stereocenters. The smallest absolute Gasteiger partial charge is 0.246 e. The quantitative estimate of drug-likeness (QED) is 0.526. The fraction of sp³-hybridized carbons (Fsp3) is 0.577. The van der Waals surface area contributed by atoms with Gasteiger partial charge < -0.3 is 20.3 Å². The first kappa shape index (κ1) is 23.5. The number of hydrogen-bond donors (Lipinski definition) is 2. The van der Waals surface area contributed by atoms with Crippen LogP contribution in [0.4, 0.5) is 5.69 Å². The topological polar surface area (TPSA) is 87.7 Å². The number of likely N-dealkylation sites (tertiary alicyclic amines) is 1. The van der Waals surface area contributed by atoms with Crippen molar-refractivity contribution in [1.29, 1.82) is 0 Å². The number of hydrogen-bond acceptors (Lipinski definition) is 4. The van der Waals surface area contributed by atoms with Crippen LogP contribution in [0.15, 0.2) is 40.9 Å². The second-order valence-electron chi connectivity index (χ2n) is 9.93. The zero-order valence-electron chi connectivity index (χ0n) is 19.5. The summed E-state index contributed by atoms with van der Waals surface area (Å²) in [5, 5.41) is 6.16. The van der Waals surface area contributed by atoms with Gasteiger partial charge >= 0.3 is 0 Å². The van der Waals surface area contributed by atoms with Crippen LogP contribution in [0.2, 0.25) is 0 Å². The lowest BCUT2D eigenvalue weighted by Crippen LogP contribution is -2.56. The summed E-state index contributed by atoms with van der Waals surface area (Å²) in [5.74, 6) is -1.92. The normalized spacial score (nSPS) is 32.2. The molecule has 0 radical (unpaired) electrons. The monoisotopic (exact) mass is 529 g/mol. The number of rotatable bonds is 7. The molecular formula is C26H32BrN3O4. The zero-order valence-corrected chi connectivity index (χ0v) is 21.1. The molecule has 8 heteroatoms. The van der Waals surface area contributed by atoms with Gasteiger partial charge in [-0.25, -0.2) is 0 Å². The van der Waals surface area contributed by atoms with Crippen molar-refractivity contribution in [2.24, 2.45) is 11.8 Å². The van der Waals surface area contributed by atoms with Gasteiger partial charge in [-0.1, -0.05) is 60.7 Å². The van der Waals surface area contributed by atoms with E-state index in [1.54, 1.807) is 4.90 Å². The van der Waals surface area contributed by atoms with Gasteiger partial charge in [0.1, 0.15) is 11.6 Å². The zero-order chi connectivity index (χ0) is 23.9. The van der Waals surface area contributed by atoms with Gasteiger partial charge in [0, 0.05) is 22.7 Å². The highest BCUT2D eigenvalue weighted by Crippen LogP contribution is 2.55. The van der Waals surface area contributed by atoms with E-state index in [2.05, 4.69) is 33.5 Å². The van der Waals surface area contributed by atoms with E-state index < -0.39 is 29.6 Å². The van der Waals surface area contributed by atoms with Crippen LogP contribution < -0.4 is 10.6 Å². The van der Waals surface area contributed by atoms with Crippen LogP contribution in [-0.2, 0) is 19.1 Å². The van der Waals surface area contributed by atoms with Gasteiger partial charge in [-0.15, -0.1) is 0 Å². The molecule has 182 valence electrons. The molecule has 2 bridgehead atoms.